The molecule has 4 nitrogen and oxygen atoms in total. The molecular weight excluding hydrogens is 328 g/mol. The van der Waals surface area contributed by atoms with Gasteiger partial charge in [0.25, 0.3) is 0 Å². The van der Waals surface area contributed by atoms with Crippen LogP contribution in [0.4, 0.5) is 11.6 Å². The average molecular weight is 349 g/mol. The molecule has 2 rings (SSSR count). The molecule has 0 fully saturated rings. The fourth-order valence-corrected chi connectivity index (χ4v) is 2.50. The number of nitrogens with zero attached hydrogens (tertiary/aromatic N) is 2. The molecule has 0 aliphatic heterocycles. The summed E-state index contributed by atoms with van der Waals surface area (Å²) in [5.74, 6) is 2.57. The van der Waals surface area contributed by atoms with Crippen LogP contribution >= 0.6 is 15.9 Å². The highest BCUT2D eigenvalue weighted by Crippen LogP contribution is 2.22. The maximum Gasteiger partial charge on any atom is 0.132 e. The maximum atomic E-state index is 4.55. The van der Waals surface area contributed by atoms with Gasteiger partial charge in [0.15, 0.2) is 0 Å². The number of benzene rings is 1. The van der Waals surface area contributed by atoms with Crippen molar-refractivity contribution >= 4 is 27.6 Å². The van der Waals surface area contributed by atoms with Gasteiger partial charge in [0.1, 0.15) is 17.5 Å². The summed E-state index contributed by atoms with van der Waals surface area (Å²) in [6.45, 7) is 7.10. The Kier molecular flexibility index (Phi) is 5.56. The van der Waals surface area contributed by atoms with E-state index in [9.17, 15) is 0 Å². The molecule has 1 aromatic heterocycles. The van der Waals surface area contributed by atoms with Crippen molar-refractivity contribution < 1.29 is 0 Å². The number of hydrogen-bond acceptors (Lipinski definition) is 4. The normalized spacial score (nSPS) is 12.0. The summed E-state index contributed by atoms with van der Waals surface area (Å²) in [5.41, 5.74) is 1.21. The molecule has 1 atom stereocenters. The van der Waals surface area contributed by atoms with Gasteiger partial charge in [-0.2, -0.15) is 0 Å². The van der Waals surface area contributed by atoms with E-state index < -0.39 is 0 Å². The first-order chi connectivity index (χ1) is 10.1. The van der Waals surface area contributed by atoms with Crippen LogP contribution in [0.2, 0.25) is 0 Å². The van der Waals surface area contributed by atoms with Crippen LogP contribution in [0.25, 0.3) is 0 Å². The maximum absolute atomic E-state index is 4.55. The first kappa shape index (κ1) is 15.8. The molecule has 0 radical (unpaired) electrons. The third-order valence-corrected chi connectivity index (χ3v) is 3.65. The summed E-state index contributed by atoms with van der Waals surface area (Å²) in [6.07, 6.45) is 0.819. The standard InChI is InChI=1S/C16H21BrN4/c1-4-14-20-15(18-5-2)10-16(21-14)19-11(3)12-7-6-8-13(17)9-12/h6-11H,4-5H2,1-3H3,(H2,18,19,20,21). The Labute approximate surface area is 134 Å². The number of hydrogen-bond donors (Lipinski definition) is 2. The van der Waals surface area contributed by atoms with E-state index in [1.54, 1.807) is 0 Å². The van der Waals surface area contributed by atoms with E-state index >= 15 is 0 Å². The fraction of sp³-hybridized carbons (Fsp3) is 0.375. The zero-order valence-electron chi connectivity index (χ0n) is 12.7. The minimum absolute atomic E-state index is 0.177. The van der Waals surface area contributed by atoms with Crippen molar-refractivity contribution in [3.63, 3.8) is 0 Å². The molecule has 2 N–H and O–H groups in total. The monoisotopic (exact) mass is 348 g/mol. The molecule has 1 aromatic carbocycles. The molecule has 2 aromatic rings. The molecule has 1 heterocycles. The predicted octanol–water partition coefficient (Wildman–Crippen LogP) is 4.41. The number of aryl methyl sites for hydroxylation is 1. The second-order valence-corrected chi connectivity index (χ2v) is 5.78. The Morgan fingerprint density at radius 3 is 2.57 bits per heavy atom. The van der Waals surface area contributed by atoms with Gasteiger partial charge < -0.3 is 10.6 Å². The number of aromatic nitrogens is 2. The SMILES string of the molecule is CCNc1cc(NC(C)c2cccc(Br)c2)nc(CC)n1. The molecule has 0 saturated heterocycles. The number of halogens is 1. The number of rotatable bonds is 6. The van der Waals surface area contributed by atoms with E-state index in [1.165, 1.54) is 5.56 Å². The fourth-order valence-electron chi connectivity index (χ4n) is 2.08. The molecule has 5 heteroatoms. The lowest BCUT2D eigenvalue weighted by Gasteiger charge is -2.16. The molecule has 21 heavy (non-hydrogen) atoms. The zero-order valence-corrected chi connectivity index (χ0v) is 14.2. The van der Waals surface area contributed by atoms with Gasteiger partial charge in [-0.05, 0) is 31.5 Å². The molecule has 0 spiro atoms. The van der Waals surface area contributed by atoms with Crippen molar-refractivity contribution in [2.24, 2.45) is 0 Å². The van der Waals surface area contributed by atoms with Crippen molar-refractivity contribution in [2.45, 2.75) is 33.2 Å². The van der Waals surface area contributed by atoms with Crippen LogP contribution in [-0.2, 0) is 6.42 Å². The summed E-state index contributed by atoms with van der Waals surface area (Å²) < 4.78 is 1.08. The van der Waals surface area contributed by atoms with Crippen LogP contribution in [0, 0.1) is 0 Å². The lowest BCUT2D eigenvalue weighted by Crippen LogP contribution is -2.11. The Morgan fingerprint density at radius 2 is 1.90 bits per heavy atom. The average Bonchev–Trinajstić information content (AvgIpc) is 2.47. The highest BCUT2D eigenvalue weighted by Gasteiger charge is 2.09. The quantitative estimate of drug-likeness (QED) is 0.811. The minimum Gasteiger partial charge on any atom is -0.370 e. The first-order valence-corrected chi connectivity index (χ1v) is 8.05. The third kappa shape index (κ3) is 4.43. The first-order valence-electron chi connectivity index (χ1n) is 7.26. The van der Waals surface area contributed by atoms with Crippen LogP contribution in [-0.4, -0.2) is 16.5 Å². The van der Waals surface area contributed by atoms with Gasteiger partial charge in [0, 0.05) is 29.5 Å². The van der Waals surface area contributed by atoms with Gasteiger partial charge >= 0.3 is 0 Å². The van der Waals surface area contributed by atoms with E-state index in [4.69, 9.17) is 0 Å². The van der Waals surface area contributed by atoms with Crippen molar-refractivity contribution in [3.05, 3.63) is 46.2 Å². The molecule has 0 aliphatic carbocycles. The topological polar surface area (TPSA) is 49.8 Å². The van der Waals surface area contributed by atoms with Crippen LogP contribution in [0.1, 0.15) is 38.2 Å². The summed E-state index contributed by atoms with van der Waals surface area (Å²) in [5, 5.41) is 6.69. The highest BCUT2D eigenvalue weighted by molar-refractivity contribution is 9.10. The van der Waals surface area contributed by atoms with E-state index in [2.05, 4.69) is 69.4 Å². The Morgan fingerprint density at radius 1 is 1.14 bits per heavy atom. The van der Waals surface area contributed by atoms with Gasteiger partial charge in [-0.3, -0.25) is 0 Å². The second-order valence-electron chi connectivity index (χ2n) is 4.86. The smallest absolute Gasteiger partial charge is 0.132 e. The predicted molar refractivity (Wildman–Crippen MR) is 91.8 cm³/mol. The Hall–Kier alpha value is -1.62. The Bertz CT molecular complexity index is 601. The van der Waals surface area contributed by atoms with Crippen molar-refractivity contribution in [1.29, 1.82) is 0 Å². The van der Waals surface area contributed by atoms with E-state index in [1.807, 2.05) is 18.2 Å². The molecule has 1 unspecified atom stereocenters. The highest BCUT2D eigenvalue weighted by atomic mass is 79.9. The van der Waals surface area contributed by atoms with Gasteiger partial charge in [0.05, 0.1) is 0 Å². The van der Waals surface area contributed by atoms with Crippen molar-refractivity contribution in [3.8, 4) is 0 Å². The Balaban J connectivity index is 2.19. The lowest BCUT2D eigenvalue weighted by molar-refractivity contribution is 0.856. The van der Waals surface area contributed by atoms with Crippen LogP contribution in [0.3, 0.4) is 0 Å². The van der Waals surface area contributed by atoms with Crippen LogP contribution in [0.5, 0.6) is 0 Å². The van der Waals surface area contributed by atoms with Gasteiger partial charge in [0.2, 0.25) is 0 Å². The summed E-state index contributed by atoms with van der Waals surface area (Å²) in [6, 6.07) is 10.4. The van der Waals surface area contributed by atoms with E-state index in [0.29, 0.717) is 0 Å². The lowest BCUT2D eigenvalue weighted by atomic mass is 10.1. The number of anilines is 2. The molecule has 112 valence electrons. The van der Waals surface area contributed by atoms with Crippen molar-refractivity contribution in [1.82, 2.24) is 9.97 Å². The molecule has 0 saturated carbocycles. The van der Waals surface area contributed by atoms with E-state index in [-0.39, 0.29) is 6.04 Å². The third-order valence-electron chi connectivity index (χ3n) is 3.16. The molecule has 0 bridgehead atoms. The molecular formula is C16H21BrN4. The van der Waals surface area contributed by atoms with Crippen molar-refractivity contribution in [2.75, 3.05) is 17.2 Å². The van der Waals surface area contributed by atoms with Crippen LogP contribution < -0.4 is 10.6 Å². The molecule has 0 amide bonds. The van der Waals surface area contributed by atoms with Gasteiger partial charge in [-0.1, -0.05) is 35.0 Å². The summed E-state index contributed by atoms with van der Waals surface area (Å²) >= 11 is 3.51. The van der Waals surface area contributed by atoms with Gasteiger partial charge in [-0.25, -0.2) is 9.97 Å². The molecule has 0 aliphatic rings. The largest absolute Gasteiger partial charge is 0.370 e. The minimum atomic E-state index is 0.177. The summed E-state index contributed by atoms with van der Waals surface area (Å²) in [4.78, 5) is 9.01. The zero-order chi connectivity index (χ0) is 15.2. The van der Waals surface area contributed by atoms with Crippen LogP contribution in [0.15, 0.2) is 34.8 Å². The second kappa shape index (κ2) is 7.41. The summed E-state index contributed by atoms with van der Waals surface area (Å²) in [7, 11) is 0. The van der Waals surface area contributed by atoms with Gasteiger partial charge in [-0.15, -0.1) is 0 Å². The number of nitrogens with one attached hydrogen (secondary N) is 2. The van der Waals surface area contributed by atoms with E-state index in [0.717, 1.165) is 34.9 Å².